The molecular formula is C8H18N2O4. The molecule has 0 rings (SSSR count). The summed E-state index contributed by atoms with van der Waals surface area (Å²) in [6, 6.07) is 0. The van der Waals surface area contributed by atoms with Gasteiger partial charge in [0.1, 0.15) is 0 Å². The minimum atomic E-state index is -0.603. The fourth-order valence-corrected chi connectivity index (χ4v) is 0.451. The monoisotopic (exact) mass is 206 g/mol. The average Bonchev–Trinajstić information content (AvgIpc) is 2.16. The largest absolute Gasteiger partial charge is 0.396 e. The zero-order valence-corrected chi connectivity index (χ0v) is 8.32. The van der Waals surface area contributed by atoms with Crippen molar-refractivity contribution >= 4 is 11.8 Å². The molecule has 2 amide bonds. The fraction of sp³-hybridized carbons (Fsp3) is 0.750. The number of hydrogen-bond acceptors (Lipinski definition) is 4. The molecule has 0 saturated carbocycles. The van der Waals surface area contributed by atoms with E-state index in [0.29, 0.717) is 6.61 Å². The van der Waals surface area contributed by atoms with Gasteiger partial charge in [0, 0.05) is 19.4 Å². The van der Waals surface area contributed by atoms with Crippen LogP contribution < -0.4 is 11.2 Å². The standard InChI is InChI=1S/C4H8N2O3.C4H10O/c5-3(7)1-2-4(8)6-9;1-2-3-4-5/h9H,1-2H2,(H2,5,7)(H,6,8);5H,2-4H2,1H3. The topological polar surface area (TPSA) is 113 Å². The number of aliphatic hydroxyl groups is 1. The molecule has 0 spiro atoms. The SMILES string of the molecule is CCCCO.NC(=O)CCC(=O)NO. The Morgan fingerprint density at radius 1 is 1.36 bits per heavy atom. The van der Waals surface area contributed by atoms with Gasteiger partial charge in [0.15, 0.2) is 0 Å². The molecule has 0 bridgehead atoms. The van der Waals surface area contributed by atoms with Crippen LogP contribution in [0.15, 0.2) is 0 Å². The van der Waals surface area contributed by atoms with Crippen LogP contribution >= 0.6 is 0 Å². The number of hydroxylamine groups is 1. The van der Waals surface area contributed by atoms with Gasteiger partial charge in [0.05, 0.1) is 0 Å². The fourth-order valence-electron chi connectivity index (χ4n) is 0.451. The highest BCUT2D eigenvalue weighted by atomic mass is 16.5. The zero-order valence-electron chi connectivity index (χ0n) is 8.32. The van der Waals surface area contributed by atoms with Gasteiger partial charge >= 0.3 is 0 Å². The average molecular weight is 206 g/mol. The molecule has 0 aliphatic rings. The highest BCUT2D eigenvalue weighted by Crippen LogP contribution is 1.84. The van der Waals surface area contributed by atoms with Crippen molar-refractivity contribution in [3.63, 3.8) is 0 Å². The van der Waals surface area contributed by atoms with Crippen LogP contribution in [0.2, 0.25) is 0 Å². The third kappa shape index (κ3) is 17.1. The minimum Gasteiger partial charge on any atom is -0.396 e. The molecule has 0 aliphatic carbocycles. The molecule has 14 heavy (non-hydrogen) atoms. The summed E-state index contributed by atoms with van der Waals surface area (Å²) < 4.78 is 0. The summed E-state index contributed by atoms with van der Waals surface area (Å²) >= 11 is 0. The highest BCUT2D eigenvalue weighted by molar-refractivity contribution is 5.82. The summed E-state index contributed by atoms with van der Waals surface area (Å²) in [5.41, 5.74) is 6.07. The number of hydrogen-bond donors (Lipinski definition) is 4. The first kappa shape index (κ1) is 15.3. The molecule has 0 aromatic rings. The van der Waals surface area contributed by atoms with E-state index in [1.807, 2.05) is 0 Å². The van der Waals surface area contributed by atoms with Crippen molar-refractivity contribution in [1.82, 2.24) is 5.48 Å². The second-order valence-corrected chi connectivity index (χ2v) is 2.58. The summed E-state index contributed by atoms with van der Waals surface area (Å²) in [5.74, 6) is -1.16. The summed E-state index contributed by atoms with van der Waals surface area (Å²) in [5, 5.41) is 16.0. The van der Waals surface area contributed by atoms with E-state index in [1.54, 1.807) is 0 Å². The smallest absolute Gasteiger partial charge is 0.243 e. The number of nitrogens with one attached hydrogen (secondary N) is 1. The quantitative estimate of drug-likeness (QED) is 0.360. The van der Waals surface area contributed by atoms with Gasteiger partial charge < -0.3 is 10.8 Å². The van der Waals surface area contributed by atoms with E-state index in [9.17, 15) is 9.59 Å². The third-order valence-electron chi connectivity index (χ3n) is 1.23. The van der Waals surface area contributed by atoms with Crippen LogP contribution in [0.3, 0.4) is 0 Å². The van der Waals surface area contributed by atoms with E-state index in [0.717, 1.165) is 12.8 Å². The van der Waals surface area contributed by atoms with E-state index >= 15 is 0 Å². The van der Waals surface area contributed by atoms with E-state index in [1.165, 1.54) is 5.48 Å². The summed E-state index contributed by atoms with van der Waals surface area (Å²) in [6.45, 7) is 2.40. The first-order valence-corrected chi connectivity index (χ1v) is 4.40. The van der Waals surface area contributed by atoms with E-state index in [4.69, 9.17) is 16.0 Å². The molecule has 6 nitrogen and oxygen atoms in total. The lowest BCUT2D eigenvalue weighted by molar-refractivity contribution is -0.131. The molecule has 0 heterocycles. The Hall–Kier alpha value is -1.14. The number of unbranched alkanes of at least 4 members (excludes halogenated alkanes) is 1. The Bertz CT molecular complexity index is 159. The molecule has 0 atom stereocenters. The lowest BCUT2D eigenvalue weighted by Crippen LogP contribution is -2.21. The molecule has 0 unspecified atom stereocenters. The number of carbonyl (C=O) groups is 2. The number of carbonyl (C=O) groups excluding carboxylic acids is 2. The van der Waals surface area contributed by atoms with Crippen LogP contribution in [0.1, 0.15) is 32.6 Å². The molecular weight excluding hydrogens is 188 g/mol. The normalized spacial score (nSPS) is 8.50. The molecule has 0 aromatic carbocycles. The maximum Gasteiger partial charge on any atom is 0.243 e. The van der Waals surface area contributed by atoms with Crippen LogP contribution in [-0.2, 0) is 9.59 Å². The van der Waals surface area contributed by atoms with Gasteiger partial charge in [-0.1, -0.05) is 13.3 Å². The molecule has 6 heteroatoms. The van der Waals surface area contributed by atoms with Crippen LogP contribution in [0, 0.1) is 0 Å². The number of rotatable bonds is 5. The summed E-state index contributed by atoms with van der Waals surface area (Å²) in [6.07, 6.45) is 1.94. The Kier molecular flexibility index (Phi) is 13.0. The molecule has 84 valence electrons. The van der Waals surface area contributed by atoms with Gasteiger partial charge in [0.25, 0.3) is 0 Å². The van der Waals surface area contributed by atoms with Crippen molar-refractivity contribution in [3.05, 3.63) is 0 Å². The summed E-state index contributed by atoms with van der Waals surface area (Å²) in [7, 11) is 0. The van der Waals surface area contributed by atoms with E-state index in [2.05, 4.69) is 6.92 Å². The van der Waals surface area contributed by atoms with Crippen molar-refractivity contribution in [2.75, 3.05) is 6.61 Å². The molecule has 0 saturated heterocycles. The molecule has 5 N–H and O–H groups in total. The molecule has 0 aliphatic heterocycles. The van der Waals surface area contributed by atoms with Crippen LogP contribution in [0.5, 0.6) is 0 Å². The predicted molar refractivity (Wildman–Crippen MR) is 50.4 cm³/mol. The minimum absolute atomic E-state index is 0.0353. The van der Waals surface area contributed by atoms with Crippen LogP contribution in [-0.4, -0.2) is 28.7 Å². The molecule has 0 radical (unpaired) electrons. The third-order valence-corrected chi connectivity index (χ3v) is 1.23. The Morgan fingerprint density at radius 3 is 2.14 bits per heavy atom. The maximum atomic E-state index is 10.1. The van der Waals surface area contributed by atoms with Gasteiger partial charge in [-0.15, -0.1) is 0 Å². The predicted octanol–water partition coefficient (Wildman–Crippen LogP) is -0.464. The van der Waals surface area contributed by atoms with Gasteiger partial charge in [0.2, 0.25) is 11.8 Å². The summed E-state index contributed by atoms with van der Waals surface area (Å²) in [4.78, 5) is 20.1. The van der Waals surface area contributed by atoms with Gasteiger partial charge in [-0.2, -0.15) is 0 Å². The van der Waals surface area contributed by atoms with Gasteiger partial charge in [-0.3, -0.25) is 14.8 Å². The van der Waals surface area contributed by atoms with E-state index < -0.39 is 11.8 Å². The lowest BCUT2D eigenvalue weighted by atomic mass is 10.3. The first-order valence-electron chi connectivity index (χ1n) is 4.40. The Balaban J connectivity index is 0. The van der Waals surface area contributed by atoms with E-state index in [-0.39, 0.29) is 12.8 Å². The second-order valence-electron chi connectivity index (χ2n) is 2.58. The van der Waals surface area contributed by atoms with Crippen molar-refractivity contribution in [3.8, 4) is 0 Å². The van der Waals surface area contributed by atoms with Crippen LogP contribution in [0.25, 0.3) is 0 Å². The van der Waals surface area contributed by atoms with Crippen molar-refractivity contribution < 1.29 is 19.9 Å². The Morgan fingerprint density at radius 2 is 1.93 bits per heavy atom. The number of aliphatic hydroxyl groups excluding tert-OH is 1. The zero-order chi connectivity index (χ0) is 11.4. The van der Waals surface area contributed by atoms with Crippen molar-refractivity contribution in [2.45, 2.75) is 32.6 Å². The highest BCUT2D eigenvalue weighted by Gasteiger charge is 2.00. The maximum absolute atomic E-state index is 10.1. The number of amides is 2. The lowest BCUT2D eigenvalue weighted by Gasteiger charge is -1.92. The van der Waals surface area contributed by atoms with Crippen molar-refractivity contribution in [2.24, 2.45) is 5.73 Å². The van der Waals surface area contributed by atoms with Crippen LogP contribution in [0.4, 0.5) is 0 Å². The molecule has 0 aromatic heterocycles. The molecule has 0 fully saturated rings. The number of primary amides is 1. The van der Waals surface area contributed by atoms with Gasteiger partial charge in [-0.05, 0) is 6.42 Å². The Labute approximate surface area is 83.1 Å². The van der Waals surface area contributed by atoms with Gasteiger partial charge in [-0.25, -0.2) is 5.48 Å². The number of nitrogens with two attached hydrogens (primary N) is 1. The first-order chi connectivity index (χ1) is 6.58. The van der Waals surface area contributed by atoms with Crippen molar-refractivity contribution in [1.29, 1.82) is 0 Å². The second kappa shape index (κ2) is 11.9.